The van der Waals surface area contributed by atoms with E-state index in [9.17, 15) is 4.79 Å². The topological polar surface area (TPSA) is 64.4 Å². The maximum atomic E-state index is 12.2. The van der Waals surface area contributed by atoms with Crippen LogP contribution < -0.4 is 11.1 Å². The highest BCUT2D eigenvalue weighted by molar-refractivity contribution is 5.86. The van der Waals surface area contributed by atoms with Crippen LogP contribution in [0.15, 0.2) is 30.3 Å². The van der Waals surface area contributed by atoms with Gasteiger partial charge in [0.25, 0.3) is 0 Å². The highest BCUT2D eigenvalue weighted by atomic mass is 16.5. The molecule has 0 aliphatic carbocycles. The van der Waals surface area contributed by atoms with Crippen LogP contribution in [0.4, 0.5) is 0 Å². The Kier molecular flexibility index (Phi) is 3.99. The molecule has 0 bridgehead atoms. The largest absolute Gasteiger partial charge is 0.381 e. The third-order valence-corrected chi connectivity index (χ3v) is 3.48. The summed E-state index contributed by atoms with van der Waals surface area (Å²) in [5.41, 5.74) is 6.45. The Morgan fingerprint density at radius 2 is 1.94 bits per heavy atom. The zero-order valence-electron chi connectivity index (χ0n) is 10.7. The molecule has 0 saturated carbocycles. The molecule has 1 aliphatic rings. The summed E-state index contributed by atoms with van der Waals surface area (Å²) < 4.78 is 5.24. The van der Waals surface area contributed by atoms with Crippen LogP contribution in [0.5, 0.6) is 0 Å². The number of hydrogen-bond acceptors (Lipinski definition) is 3. The fourth-order valence-electron chi connectivity index (χ4n) is 2.13. The molecule has 1 fully saturated rings. The summed E-state index contributed by atoms with van der Waals surface area (Å²) in [6.45, 7) is 3.09. The summed E-state index contributed by atoms with van der Waals surface area (Å²) in [6.07, 6.45) is 1.17. The standard InChI is InChI=1S/C14H20N2O2/c1-11(12-5-3-2-4-6-12)16-13(17)14(15)7-9-18-10-8-14/h2-6,11H,7-10,15H2,1H3,(H,16,17)/t11-/m1/s1. The van der Waals surface area contributed by atoms with Crippen molar-refractivity contribution in [3.05, 3.63) is 35.9 Å². The molecule has 1 aliphatic heterocycles. The molecule has 1 heterocycles. The summed E-state index contributed by atoms with van der Waals surface area (Å²) in [4.78, 5) is 12.2. The van der Waals surface area contributed by atoms with Crippen molar-refractivity contribution in [1.82, 2.24) is 5.32 Å². The SMILES string of the molecule is C[C@@H](NC(=O)C1(N)CCOCC1)c1ccccc1. The second-order valence-electron chi connectivity index (χ2n) is 4.87. The van der Waals surface area contributed by atoms with E-state index in [2.05, 4.69) is 5.32 Å². The lowest BCUT2D eigenvalue weighted by Gasteiger charge is -2.33. The van der Waals surface area contributed by atoms with Crippen molar-refractivity contribution in [1.29, 1.82) is 0 Å². The van der Waals surface area contributed by atoms with Gasteiger partial charge < -0.3 is 15.8 Å². The van der Waals surface area contributed by atoms with Gasteiger partial charge in [0.1, 0.15) is 0 Å². The van der Waals surface area contributed by atoms with Crippen LogP contribution in [0.3, 0.4) is 0 Å². The molecule has 98 valence electrons. The van der Waals surface area contributed by atoms with Crippen LogP contribution in [0.1, 0.15) is 31.4 Å². The fourth-order valence-corrected chi connectivity index (χ4v) is 2.13. The third-order valence-electron chi connectivity index (χ3n) is 3.48. The highest BCUT2D eigenvalue weighted by Crippen LogP contribution is 2.20. The van der Waals surface area contributed by atoms with Crippen LogP contribution in [-0.4, -0.2) is 24.7 Å². The first-order chi connectivity index (χ1) is 8.62. The minimum atomic E-state index is -0.776. The van der Waals surface area contributed by atoms with E-state index < -0.39 is 5.54 Å². The molecule has 0 unspecified atom stereocenters. The molecule has 2 rings (SSSR count). The minimum absolute atomic E-state index is 0.0260. The number of amides is 1. The number of ether oxygens (including phenoxy) is 1. The van der Waals surface area contributed by atoms with Gasteiger partial charge in [-0.2, -0.15) is 0 Å². The average molecular weight is 248 g/mol. The number of hydrogen-bond donors (Lipinski definition) is 2. The van der Waals surface area contributed by atoms with E-state index in [1.807, 2.05) is 37.3 Å². The lowest BCUT2D eigenvalue weighted by molar-refractivity contribution is -0.130. The molecular formula is C14H20N2O2. The lowest BCUT2D eigenvalue weighted by atomic mass is 9.90. The maximum Gasteiger partial charge on any atom is 0.240 e. The van der Waals surface area contributed by atoms with E-state index in [0.717, 1.165) is 5.56 Å². The van der Waals surface area contributed by atoms with E-state index >= 15 is 0 Å². The monoisotopic (exact) mass is 248 g/mol. The Morgan fingerprint density at radius 1 is 1.33 bits per heavy atom. The Balaban J connectivity index is 1.98. The number of carbonyl (C=O) groups excluding carboxylic acids is 1. The molecule has 1 saturated heterocycles. The van der Waals surface area contributed by atoms with Gasteiger partial charge in [0.05, 0.1) is 11.6 Å². The van der Waals surface area contributed by atoms with E-state index in [1.165, 1.54) is 0 Å². The third kappa shape index (κ3) is 2.89. The second-order valence-corrected chi connectivity index (χ2v) is 4.87. The average Bonchev–Trinajstić information content (AvgIpc) is 2.40. The Morgan fingerprint density at radius 3 is 2.56 bits per heavy atom. The zero-order chi connectivity index (χ0) is 13.0. The zero-order valence-corrected chi connectivity index (χ0v) is 10.7. The molecule has 1 aromatic carbocycles. The van der Waals surface area contributed by atoms with Gasteiger partial charge in [-0.05, 0) is 25.3 Å². The van der Waals surface area contributed by atoms with E-state index in [4.69, 9.17) is 10.5 Å². The smallest absolute Gasteiger partial charge is 0.240 e. The Labute approximate surface area is 108 Å². The minimum Gasteiger partial charge on any atom is -0.381 e. The lowest BCUT2D eigenvalue weighted by Crippen LogP contribution is -2.57. The van der Waals surface area contributed by atoms with Crippen LogP contribution in [0, 0.1) is 0 Å². The molecule has 0 radical (unpaired) electrons. The first-order valence-electron chi connectivity index (χ1n) is 6.34. The normalized spacial score (nSPS) is 20.1. The molecule has 3 N–H and O–H groups in total. The summed E-state index contributed by atoms with van der Waals surface area (Å²) >= 11 is 0. The molecule has 1 amide bonds. The molecule has 4 heteroatoms. The van der Waals surface area contributed by atoms with Crippen molar-refractivity contribution in [3.63, 3.8) is 0 Å². The second kappa shape index (κ2) is 5.50. The van der Waals surface area contributed by atoms with Gasteiger partial charge in [-0.1, -0.05) is 30.3 Å². The molecule has 1 atom stereocenters. The molecule has 1 aromatic rings. The molecule has 0 spiro atoms. The first kappa shape index (κ1) is 13.1. The Hall–Kier alpha value is -1.39. The van der Waals surface area contributed by atoms with Crippen LogP contribution >= 0.6 is 0 Å². The molecule has 18 heavy (non-hydrogen) atoms. The van der Waals surface area contributed by atoms with Crippen LogP contribution in [0.25, 0.3) is 0 Å². The molecule has 4 nitrogen and oxygen atoms in total. The van der Waals surface area contributed by atoms with Gasteiger partial charge in [-0.15, -0.1) is 0 Å². The predicted molar refractivity (Wildman–Crippen MR) is 70.0 cm³/mol. The van der Waals surface area contributed by atoms with Gasteiger partial charge in [0, 0.05) is 13.2 Å². The van der Waals surface area contributed by atoms with Crippen LogP contribution in [0.2, 0.25) is 0 Å². The van der Waals surface area contributed by atoms with Gasteiger partial charge >= 0.3 is 0 Å². The maximum absolute atomic E-state index is 12.2. The number of nitrogens with two attached hydrogens (primary N) is 1. The fraction of sp³-hybridized carbons (Fsp3) is 0.500. The van der Waals surface area contributed by atoms with Crippen molar-refractivity contribution >= 4 is 5.91 Å². The summed E-state index contributed by atoms with van der Waals surface area (Å²) in [7, 11) is 0. The van der Waals surface area contributed by atoms with Crippen molar-refractivity contribution < 1.29 is 9.53 Å². The predicted octanol–water partition coefficient (Wildman–Crippen LogP) is 1.37. The first-order valence-corrected chi connectivity index (χ1v) is 6.34. The van der Waals surface area contributed by atoms with Crippen molar-refractivity contribution in [2.75, 3.05) is 13.2 Å². The van der Waals surface area contributed by atoms with Crippen molar-refractivity contribution in [2.45, 2.75) is 31.3 Å². The van der Waals surface area contributed by atoms with Gasteiger partial charge in [0.2, 0.25) is 5.91 Å². The van der Waals surface area contributed by atoms with Gasteiger partial charge in [-0.25, -0.2) is 0 Å². The summed E-state index contributed by atoms with van der Waals surface area (Å²) in [5.74, 6) is -0.0813. The summed E-state index contributed by atoms with van der Waals surface area (Å²) in [5, 5.41) is 2.99. The van der Waals surface area contributed by atoms with E-state index in [1.54, 1.807) is 0 Å². The molecule has 0 aromatic heterocycles. The number of rotatable bonds is 3. The van der Waals surface area contributed by atoms with Gasteiger partial charge in [0.15, 0.2) is 0 Å². The van der Waals surface area contributed by atoms with E-state index in [-0.39, 0.29) is 11.9 Å². The number of benzene rings is 1. The van der Waals surface area contributed by atoms with Crippen LogP contribution in [-0.2, 0) is 9.53 Å². The Bertz CT molecular complexity index is 400. The van der Waals surface area contributed by atoms with Crippen molar-refractivity contribution in [2.24, 2.45) is 5.73 Å². The molecular weight excluding hydrogens is 228 g/mol. The summed E-state index contributed by atoms with van der Waals surface area (Å²) in [6, 6.07) is 9.86. The van der Waals surface area contributed by atoms with Gasteiger partial charge in [-0.3, -0.25) is 4.79 Å². The van der Waals surface area contributed by atoms with Crippen molar-refractivity contribution in [3.8, 4) is 0 Å². The highest BCUT2D eigenvalue weighted by Gasteiger charge is 2.36. The quantitative estimate of drug-likeness (QED) is 0.849. The number of carbonyl (C=O) groups is 1. The number of nitrogens with one attached hydrogen (secondary N) is 1. The van der Waals surface area contributed by atoms with E-state index in [0.29, 0.717) is 26.1 Å².